The van der Waals surface area contributed by atoms with Gasteiger partial charge in [-0.25, -0.2) is 13.6 Å². The fourth-order valence-corrected chi connectivity index (χ4v) is 1.35. The number of aromatic nitrogens is 1. The Bertz CT molecular complexity index is 507. The third kappa shape index (κ3) is 3.12. The molecule has 1 rings (SSSR count). The first-order valence-electron chi connectivity index (χ1n) is 5.10. The van der Waals surface area contributed by atoms with Gasteiger partial charge in [0.25, 0.3) is 12.1 Å². The van der Waals surface area contributed by atoms with Crippen LogP contribution in [0.15, 0.2) is 6.07 Å². The van der Waals surface area contributed by atoms with E-state index in [9.17, 15) is 23.7 Å². The molecule has 7 nitrogen and oxygen atoms in total. The van der Waals surface area contributed by atoms with Crippen LogP contribution in [0.2, 0.25) is 0 Å². The van der Waals surface area contributed by atoms with Crippen LogP contribution >= 0.6 is 0 Å². The van der Waals surface area contributed by atoms with Crippen molar-refractivity contribution >= 4 is 11.8 Å². The summed E-state index contributed by atoms with van der Waals surface area (Å²) < 4.78 is 35.0. The quantitative estimate of drug-likeness (QED) is 0.464. The Morgan fingerprint density at radius 3 is 2.63 bits per heavy atom. The molecule has 0 fully saturated rings. The van der Waals surface area contributed by atoms with Crippen LogP contribution in [0.4, 0.5) is 14.6 Å². The number of hydrogen-bond donors (Lipinski definition) is 0. The Morgan fingerprint density at radius 2 is 2.21 bits per heavy atom. The van der Waals surface area contributed by atoms with E-state index in [0.717, 1.165) is 13.2 Å². The number of methoxy groups -OCH3 is 1. The highest BCUT2D eigenvalue weighted by atomic mass is 19.3. The van der Waals surface area contributed by atoms with Crippen molar-refractivity contribution in [3.63, 3.8) is 0 Å². The van der Waals surface area contributed by atoms with E-state index in [1.54, 1.807) is 0 Å². The second kappa shape index (κ2) is 6.03. The molecular weight excluding hydrogens is 266 g/mol. The first-order valence-corrected chi connectivity index (χ1v) is 5.10. The Morgan fingerprint density at radius 1 is 1.58 bits per heavy atom. The number of pyridine rings is 1. The second-order valence-electron chi connectivity index (χ2n) is 3.22. The van der Waals surface area contributed by atoms with Crippen molar-refractivity contribution in [1.82, 2.24) is 4.98 Å². The Hall–Kier alpha value is -2.32. The standard InChI is InChI=1S/C10H10F2N2O5/c1-3-19-10(15)8-7(9(11)12)5(18-2)4-6(13-8)14(16)17/h4,9H,3H2,1-2H3. The maximum atomic E-state index is 12.9. The van der Waals surface area contributed by atoms with Gasteiger partial charge in [-0.15, -0.1) is 0 Å². The number of hydrogen-bond acceptors (Lipinski definition) is 6. The van der Waals surface area contributed by atoms with Crippen molar-refractivity contribution in [2.75, 3.05) is 13.7 Å². The lowest BCUT2D eigenvalue weighted by Crippen LogP contribution is -2.13. The molecule has 0 aromatic carbocycles. The molecule has 1 heterocycles. The van der Waals surface area contributed by atoms with Crippen LogP contribution < -0.4 is 4.74 Å². The summed E-state index contributed by atoms with van der Waals surface area (Å²) in [7, 11) is 1.06. The normalized spacial score (nSPS) is 10.4. The zero-order valence-corrected chi connectivity index (χ0v) is 10.1. The van der Waals surface area contributed by atoms with E-state index in [4.69, 9.17) is 0 Å². The predicted octanol–water partition coefficient (Wildman–Crippen LogP) is 2.11. The first-order chi connectivity index (χ1) is 8.92. The molecule has 0 aliphatic carbocycles. The van der Waals surface area contributed by atoms with E-state index in [1.165, 1.54) is 6.92 Å². The molecule has 0 bridgehead atoms. The highest BCUT2D eigenvalue weighted by Crippen LogP contribution is 2.34. The van der Waals surface area contributed by atoms with E-state index in [-0.39, 0.29) is 6.61 Å². The summed E-state index contributed by atoms with van der Waals surface area (Å²) in [5.74, 6) is -2.43. The van der Waals surface area contributed by atoms with Gasteiger partial charge in [0.15, 0.2) is 0 Å². The number of nitrogens with zero attached hydrogens (tertiary/aromatic N) is 2. The number of ether oxygens (including phenoxy) is 2. The number of alkyl halides is 2. The third-order valence-electron chi connectivity index (χ3n) is 2.10. The molecule has 0 N–H and O–H groups in total. The molecule has 19 heavy (non-hydrogen) atoms. The molecule has 0 aliphatic heterocycles. The summed E-state index contributed by atoms with van der Waals surface area (Å²) >= 11 is 0. The molecule has 0 unspecified atom stereocenters. The van der Waals surface area contributed by atoms with Crippen LogP contribution in [-0.2, 0) is 4.74 Å². The van der Waals surface area contributed by atoms with Crippen LogP contribution in [0.3, 0.4) is 0 Å². The minimum Gasteiger partial charge on any atom is -0.496 e. The molecule has 1 aromatic heterocycles. The Balaban J connectivity index is 3.49. The summed E-state index contributed by atoms with van der Waals surface area (Å²) in [6.45, 7) is 1.39. The summed E-state index contributed by atoms with van der Waals surface area (Å²) in [4.78, 5) is 24.5. The summed E-state index contributed by atoms with van der Waals surface area (Å²) in [6.07, 6.45) is -3.08. The van der Waals surface area contributed by atoms with Gasteiger partial charge in [-0.3, -0.25) is 0 Å². The lowest BCUT2D eigenvalue weighted by Gasteiger charge is -2.09. The number of halogens is 2. The third-order valence-corrected chi connectivity index (χ3v) is 2.10. The summed E-state index contributed by atoms with van der Waals surface area (Å²) in [5.41, 5.74) is -1.64. The van der Waals surface area contributed by atoms with Crippen molar-refractivity contribution in [1.29, 1.82) is 0 Å². The second-order valence-corrected chi connectivity index (χ2v) is 3.22. The molecule has 0 aliphatic rings. The van der Waals surface area contributed by atoms with Crippen molar-refractivity contribution in [2.24, 2.45) is 0 Å². The van der Waals surface area contributed by atoms with Gasteiger partial charge in [0.1, 0.15) is 11.3 Å². The van der Waals surface area contributed by atoms with E-state index >= 15 is 0 Å². The van der Waals surface area contributed by atoms with E-state index in [0.29, 0.717) is 0 Å². The van der Waals surface area contributed by atoms with Crippen LogP contribution in [-0.4, -0.2) is 29.6 Å². The molecule has 0 radical (unpaired) electrons. The number of rotatable bonds is 5. The minimum atomic E-state index is -3.08. The van der Waals surface area contributed by atoms with Crippen LogP contribution in [0.5, 0.6) is 5.75 Å². The lowest BCUT2D eigenvalue weighted by molar-refractivity contribution is -0.389. The van der Waals surface area contributed by atoms with Crippen molar-refractivity contribution in [3.05, 3.63) is 27.4 Å². The maximum absolute atomic E-state index is 12.9. The molecule has 9 heteroatoms. The average molecular weight is 276 g/mol. The molecule has 104 valence electrons. The fourth-order valence-electron chi connectivity index (χ4n) is 1.35. The van der Waals surface area contributed by atoms with Gasteiger partial charge >= 0.3 is 11.8 Å². The highest BCUT2D eigenvalue weighted by molar-refractivity contribution is 5.90. The number of nitro groups is 1. The monoisotopic (exact) mass is 276 g/mol. The molecule has 0 spiro atoms. The predicted molar refractivity (Wildman–Crippen MR) is 58.4 cm³/mol. The minimum absolute atomic E-state index is 0.0752. The van der Waals surface area contributed by atoms with Crippen molar-refractivity contribution in [2.45, 2.75) is 13.3 Å². The average Bonchev–Trinajstić information content (AvgIpc) is 2.36. The molecule has 0 amide bonds. The zero-order chi connectivity index (χ0) is 14.6. The SMILES string of the molecule is CCOC(=O)c1nc([N+](=O)[O-])cc(OC)c1C(F)F. The first kappa shape index (κ1) is 14.7. The van der Waals surface area contributed by atoms with Gasteiger partial charge in [-0.2, -0.15) is 0 Å². The Kier molecular flexibility index (Phi) is 4.67. The smallest absolute Gasteiger partial charge is 0.383 e. The molecule has 0 saturated carbocycles. The molecule has 1 aromatic rings. The van der Waals surface area contributed by atoms with Gasteiger partial charge in [-0.1, -0.05) is 0 Å². The molecular formula is C10H10F2N2O5. The Labute approximate surface area is 106 Å². The lowest BCUT2D eigenvalue weighted by atomic mass is 10.1. The van der Waals surface area contributed by atoms with Crippen LogP contribution in [0, 0.1) is 10.1 Å². The van der Waals surface area contributed by atoms with Gasteiger partial charge < -0.3 is 19.6 Å². The van der Waals surface area contributed by atoms with E-state index in [2.05, 4.69) is 14.5 Å². The van der Waals surface area contributed by atoms with Gasteiger partial charge in [0.2, 0.25) is 0 Å². The van der Waals surface area contributed by atoms with Crippen molar-refractivity contribution < 1.29 is 28.0 Å². The van der Waals surface area contributed by atoms with Crippen molar-refractivity contribution in [3.8, 4) is 5.75 Å². The van der Waals surface area contributed by atoms with Crippen LogP contribution in [0.25, 0.3) is 0 Å². The van der Waals surface area contributed by atoms with Gasteiger partial charge in [-0.05, 0) is 16.8 Å². The molecule has 0 atom stereocenters. The number of carbonyl (C=O) groups excluding carboxylic acids is 1. The topological polar surface area (TPSA) is 91.6 Å². The maximum Gasteiger partial charge on any atom is 0.383 e. The van der Waals surface area contributed by atoms with E-state index < -0.39 is 40.1 Å². The highest BCUT2D eigenvalue weighted by Gasteiger charge is 2.32. The summed E-state index contributed by atoms with van der Waals surface area (Å²) in [5, 5.41) is 10.6. The zero-order valence-electron chi connectivity index (χ0n) is 10.1. The van der Waals surface area contributed by atoms with E-state index in [1.807, 2.05) is 0 Å². The fraction of sp³-hybridized carbons (Fsp3) is 0.400. The van der Waals surface area contributed by atoms with Crippen LogP contribution in [0.1, 0.15) is 29.4 Å². The summed E-state index contributed by atoms with van der Waals surface area (Å²) in [6, 6.07) is 0.726. The van der Waals surface area contributed by atoms with Gasteiger partial charge in [0, 0.05) is 0 Å². The number of carbonyl (C=O) groups is 1. The van der Waals surface area contributed by atoms with Gasteiger partial charge in [0.05, 0.1) is 19.8 Å². The number of esters is 1. The largest absolute Gasteiger partial charge is 0.496 e. The molecule has 0 saturated heterocycles.